The summed E-state index contributed by atoms with van der Waals surface area (Å²) in [5.74, 6) is 0. The molecule has 3 rings (SSSR count). The largest absolute Gasteiger partial charge is 0.399 e. The zero-order chi connectivity index (χ0) is 14.8. The maximum Gasteiger partial charge on any atom is 0.103 e. The molecule has 0 atom stereocenters. The molecular weight excluding hydrogens is 282 g/mol. The number of nitrogens with two attached hydrogens (primary N) is 1. The summed E-state index contributed by atoms with van der Waals surface area (Å²) in [5, 5.41) is 9.89. The minimum absolute atomic E-state index is 0.483. The van der Waals surface area contributed by atoms with E-state index in [1.807, 2.05) is 30.3 Å². The molecule has 3 nitrogen and oxygen atoms in total. The first-order valence-corrected chi connectivity index (χ1v) is 7.36. The van der Waals surface area contributed by atoms with Gasteiger partial charge in [-0.1, -0.05) is 29.8 Å². The number of hydrogen-bond acceptors (Lipinski definition) is 3. The van der Waals surface area contributed by atoms with Crippen LogP contribution in [0.1, 0.15) is 24.0 Å². The number of nitriles is 1. The van der Waals surface area contributed by atoms with Gasteiger partial charge in [-0.05, 0) is 42.7 Å². The molecule has 1 aliphatic carbocycles. The van der Waals surface area contributed by atoms with E-state index in [-0.39, 0.29) is 0 Å². The van der Waals surface area contributed by atoms with Crippen molar-refractivity contribution >= 4 is 23.0 Å². The first-order valence-electron chi connectivity index (χ1n) is 6.98. The zero-order valence-electron chi connectivity index (χ0n) is 11.6. The van der Waals surface area contributed by atoms with E-state index in [9.17, 15) is 5.26 Å². The Kier molecular flexibility index (Phi) is 3.72. The average Bonchev–Trinajstić information content (AvgIpc) is 3.29. The highest BCUT2D eigenvalue weighted by molar-refractivity contribution is 6.32. The lowest BCUT2D eigenvalue weighted by Gasteiger charge is -2.26. The third-order valence-electron chi connectivity index (χ3n) is 3.70. The van der Waals surface area contributed by atoms with Crippen LogP contribution in [0.15, 0.2) is 42.5 Å². The Morgan fingerprint density at radius 3 is 2.67 bits per heavy atom. The predicted octanol–water partition coefficient (Wildman–Crippen LogP) is 3.96. The van der Waals surface area contributed by atoms with Crippen molar-refractivity contribution in [1.29, 1.82) is 5.26 Å². The molecule has 1 saturated carbocycles. The van der Waals surface area contributed by atoms with Crippen molar-refractivity contribution in [2.24, 2.45) is 0 Å². The maximum atomic E-state index is 9.38. The average molecular weight is 298 g/mol. The van der Waals surface area contributed by atoms with Gasteiger partial charge in [-0.25, -0.2) is 0 Å². The number of nitrogen functional groups attached to an aromatic ring is 1. The van der Waals surface area contributed by atoms with Gasteiger partial charge in [0.15, 0.2) is 0 Å². The fourth-order valence-electron chi connectivity index (χ4n) is 2.55. The molecule has 0 radical (unpaired) electrons. The zero-order valence-corrected chi connectivity index (χ0v) is 12.3. The SMILES string of the molecule is N#Cc1c(Cl)cccc1N(Cc1cccc(N)c1)C1CC1. The van der Waals surface area contributed by atoms with Crippen molar-refractivity contribution in [3.63, 3.8) is 0 Å². The first-order chi connectivity index (χ1) is 10.2. The van der Waals surface area contributed by atoms with Gasteiger partial charge in [-0.3, -0.25) is 0 Å². The lowest BCUT2D eigenvalue weighted by atomic mass is 10.1. The highest BCUT2D eigenvalue weighted by atomic mass is 35.5. The van der Waals surface area contributed by atoms with Crippen molar-refractivity contribution in [2.75, 3.05) is 10.6 Å². The van der Waals surface area contributed by atoms with E-state index in [1.54, 1.807) is 6.07 Å². The molecule has 0 saturated heterocycles. The van der Waals surface area contributed by atoms with Crippen LogP contribution in [0.4, 0.5) is 11.4 Å². The molecule has 2 aromatic rings. The second-order valence-electron chi connectivity index (χ2n) is 5.35. The van der Waals surface area contributed by atoms with Crippen molar-refractivity contribution in [3.05, 3.63) is 58.6 Å². The molecule has 0 bridgehead atoms. The van der Waals surface area contributed by atoms with E-state index >= 15 is 0 Å². The van der Waals surface area contributed by atoms with Gasteiger partial charge >= 0.3 is 0 Å². The molecule has 2 aromatic carbocycles. The smallest absolute Gasteiger partial charge is 0.103 e. The molecule has 0 unspecified atom stereocenters. The number of anilines is 2. The third-order valence-corrected chi connectivity index (χ3v) is 4.02. The molecule has 106 valence electrons. The highest BCUT2D eigenvalue weighted by Gasteiger charge is 2.31. The van der Waals surface area contributed by atoms with Gasteiger partial charge in [-0.15, -0.1) is 0 Å². The van der Waals surface area contributed by atoms with Crippen LogP contribution in [0.3, 0.4) is 0 Å². The standard InChI is InChI=1S/C17H16ClN3/c18-16-5-2-6-17(15(16)10-19)21(14-7-8-14)11-12-3-1-4-13(20)9-12/h1-6,9,14H,7-8,11,20H2. The van der Waals surface area contributed by atoms with E-state index in [0.717, 1.165) is 36.3 Å². The number of rotatable bonds is 4. The van der Waals surface area contributed by atoms with Crippen LogP contribution in [0.2, 0.25) is 5.02 Å². The summed E-state index contributed by atoms with van der Waals surface area (Å²) < 4.78 is 0. The van der Waals surface area contributed by atoms with Gasteiger partial charge in [0.1, 0.15) is 6.07 Å². The molecule has 21 heavy (non-hydrogen) atoms. The van der Waals surface area contributed by atoms with Crippen LogP contribution in [0, 0.1) is 11.3 Å². The monoisotopic (exact) mass is 297 g/mol. The molecule has 1 fully saturated rings. The summed E-state index contributed by atoms with van der Waals surface area (Å²) in [4.78, 5) is 2.26. The Hall–Kier alpha value is -2.18. The van der Waals surface area contributed by atoms with Crippen LogP contribution < -0.4 is 10.6 Å². The molecule has 0 aliphatic heterocycles. The summed E-state index contributed by atoms with van der Waals surface area (Å²) in [6.45, 7) is 0.741. The normalized spacial score (nSPS) is 13.7. The van der Waals surface area contributed by atoms with Gasteiger partial charge < -0.3 is 10.6 Å². The first kappa shape index (κ1) is 13.8. The highest BCUT2D eigenvalue weighted by Crippen LogP contribution is 2.36. The molecule has 0 heterocycles. The van der Waals surface area contributed by atoms with E-state index in [4.69, 9.17) is 17.3 Å². The van der Waals surface area contributed by atoms with Crippen LogP contribution in [-0.4, -0.2) is 6.04 Å². The summed E-state index contributed by atoms with van der Waals surface area (Å²) in [6.07, 6.45) is 2.30. The number of nitrogens with zero attached hydrogens (tertiary/aromatic N) is 2. The van der Waals surface area contributed by atoms with Crippen molar-refractivity contribution in [3.8, 4) is 6.07 Å². The third kappa shape index (κ3) is 2.96. The molecule has 0 aromatic heterocycles. The molecule has 0 spiro atoms. The van der Waals surface area contributed by atoms with Crippen LogP contribution in [0.25, 0.3) is 0 Å². The molecular formula is C17H16ClN3. The lowest BCUT2D eigenvalue weighted by molar-refractivity contribution is 0.793. The Morgan fingerprint density at radius 1 is 1.24 bits per heavy atom. The van der Waals surface area contributed by atoms with Crippen molar-refractivity contribution in [2.45, 2.75) is 25.4 Å². The van der Waals surface area contributed by atoms with Crippen LogP contribution >= 0.6 is 11.6 Å². The number of benzene rings is 2. The quantitative estimate of drug-likeness (QED) is 0.869. The molecule has 4 heteroatoms. The second kappa shape index (κ2) is 5.67. The predicted molar refractivity (Wildman–Crippen MR) is 86.2 cm³/mol. The summed E-state index contributed by atoms with van der Waals surface area (Å²) in [5.41, 5.74) is 9.22. The van der Waals surface area contributed by atoms with E-state index in [0.29, 0.717) is 16.6 Å². The van der Waals surface area contributed by atoms with Crippen molar-refractivity contribution in [1.82, 2.24) is 0 Å². The van der Waals surface area contributed by atoms with E-state index in [1.165, 1.54) is 0 Å². The lowest BCUT2D eigenvalue weighted by Crippen LogP contribution is -2.26. The Morgan fingerprint density at radius 2 is 2.00 bits per heavy atom. The fourth-order valence-corrected chi connectivity index (χ4v) is 2.76. The van der Waals surface area contributed by atoms with Crippen LogP contribution in [-0.2, 0) is 6.54 Å². The fraction of sp³-hybridized carbons (Fsp3) is 0.235. The molecule has 1 aliphatic rings. The summed E-state index contributed by atoms with van der Waals surface area (Å²) in [6, 6.07) is 16.2. The Balaban J connectivity index is 1.96. The van der Waals surface area contributed by atoms with E-state index < -0.39 is 0 Å². The molecule has 2 N–H and O–H groups in total. The minimum Gasteiger partial charge on any atom is -0.399 e. The van der Waals surface area contributed by atoms with Gasteiger partial charge in [0.2, 0.25) is 0 Å². The minimum atomic E-state index is 0.483. The van der Waals surface area contributed by atoms with Gasteiger partial charge in [0.05, 0.1) is 16.3 Å². The number of hydrogen-bond donors (Lipinski definition) is 1. The van der Waals surface area contributed by atoms with Gasteiger partial charge in [-0.2, -0.15) is 5.26 Å². The van der Waals surface area contributed by atoms with Crippen LogP contribution in [0.5, 0.6) is 0 Å². The summed E-state index contributed by atoms with van der Waals surface area (Å²) >= 11 is 6.16. The number of halogens is 1. The Bertz CT molecular complexity index is 701. The topological polar surface area (TPSA) is 53.0 Å². The van der Waals surface area contributed by atoms with Gasteiger partial charge in [0.25, 0.3) is 0 Å². The molecule has 0 amide bonds. The van der Waals surface area contributed by atoms with E-state index in [2.05, 4.69) is 17.0 Å². The second-order valence-corrected chi connectivity index (χ2v) is 5.76. The van der Waals surface area contributed by atoms with Crippen molar-refractivity contribution < 1.29 is 0 Å². The van der Waals surface area contributed by atoms with Gasteiger partial charge in [0, 0.05) is 18.3 Å². The maximum absolute atomic E-state index is 9.38. The Labute approximate surface area is 129 Å². The summed E-state index contributed by atoms with van der Waals surface area (Å²) in [7, 11) is 0.